The van der Waals surface area contributed by atoms with Crippen LogP contribution in [0.5, 0.6) is 5.75 Å². The Morgan fingerprint density at radius 1 is 1.37 bits per heavy atom. The number of pyridine rings is 1. The van der Waals surface area contributed by atoms with E-state index in [0.29, 0.717) is 0 Å². The van der Waals surface area contributed by atoms with Crippen molar-refractivity contribution in [2.24, 2.45) is 0 Å². The van der Waals surface area contributed by atoms with E-state index in [-0.39, 0.29) is 12.1 Å². The summed E-state index contributed by atoms with van der Waals surface area (Å²) in [5, 5.41) is 4.07. The van der Waals surface area contributed by atoms with Crippen molar-refractivity contribution in [2.75, 3.05) is 7.05 Å². The Morgan fingerprint density at radius 2 is 2.26 bits per heavy atom. The summed E-state index contributed by atoms with van der Waals surface area (Å²) < 4.78 is 6.07. The fraction of sp³-hybridized carbons (Fsp3) is 0.267. The Hall–Kier alpha value is -1.58. The van der Waals surface area contributed by atoms with Crippen molar-refractivity contribution in [3.05, 3.63) is 58.9 Å². The van der Waals surface area contributed by atoms with E-state index in [1.54, 1.807) is 6.20 Å². The molecule has 3 nitrogen and oxygen atoms in total. The molecule has 2 atom stereocenters. The van der Waals surface area contributed by atoms with E-state index in [1.165, 1.54) is 0 Å². The Bertz CT molecular complexity index is 574. The van der Waals surface area contributed by atoms with E-state index >= 15 is 0 Å². The standard InChI is InChI=1S/C15H15ClN2O/c1-17-13-8-15(10-3-2-6-18-9-10)19-14-5-4-11(16)7-12(13)14/h2-7,9,13,15,17H,8H2,1H3. The van der Waals surface area contributed by atoms with Gasteiger partial charge >= 0.3 is 0 Å². The van der Waals surface area contributed by atoms with Crippen LogP contribution in [0.1, 0.15) is 29.7 Å². The zero-order chi connectivity index (χ0) is 13.2. The lowest BCUT2D eigenvalue weighted by molar-refractivity contribution is 0.153. The number of nitrogens with zero attached hydrogens (tertiary/aromatic N) is 1. The number of halogens is 1. The molecule has 1 aromatic heterocycles. The molecule has 2 unspecified atom stereocenters. The normalized spacial score (nSPS) is 21.6. The number of nitrogens with one attached hydrogen (secondary N) is 1. The predicted molar refractivity (Wildman–Crippen MR) is 75.5 cm³/mol. The summed E-state index contributed by atoms with van der Waals surface area (Å²) in [5.41, 5.74) is 2.22. The highest BCUT2D eigenvalue weighted by molar-refractivity contribution is 6.30. The summed E-state index contributed by atoms with van der Waals surface area (Å²) in [6, 6.07) is 9.99. The second-order valence-corrected chi connectivity index (χ2v) is 5.09. The highest BCUT2D eigenvalue weighted by atomic mass is 35.5. The maximum atomic E-state index is 6.07. The third-order valence-corrected chi connectivity index (χ3v) is 3.71. The highest BCUT2D eigenvalue weighted by Gasteiger charge is 2.28. The van der Waals surface area contributed by atoms with Crippen molar-refractivity contribution < 1.29 is 4.74 Å². The van der Waals surface area contributed by atoms with Crippen molar-refractivity contribution in [1.82, 2.24) is 10.3 Å². The second kappa shape index (κ2) is 5.19. The smallest absolute Gasteiger partial charge is 0.127 e. The van der Waals surface area contributed by atoms with E-state index in [1.807, 2.05) is 43.6 Å². The van der Waals surface area contributed by atoms with E-state index < -0.39 is 0 Å². The number of hydrogen-bond acceptors (Lipinski definition) is 3. The molecule has 1 aromatic carbocycles. The van der Waals surface area contributed by atoms with Gasteiger partial charge in [0.05, 0.1) is 0 Å². The van der Waals surface area contributed by atoms with Crippen LogP contribution in [0.3, 0.4) is 0 Å². The molecule has 0 fully saturated rings. The summed E-state index contributed by atoms with van der Waals surface area (Å²) in [7, 11) is 1.96. The first-order valence-corrected chi connectivity index (χ1v) is 6.69. The molecule has 0 aliphatic carbocycles. The van der Waals surface area contributed by atoms with Gasteiger partial charge in [0.1, 0.15) is 11.9 Å². The molecule has 0 spiro atoms. The second-order valence-electron chi connectivity index (χ2n) is 4.65. The number of ether oxygens (including phenoxy) is 1. The maximum Gasteiger partial charge on any atom is 0.127 e. The average Bonchev–Trinajstić information content (AvgIpc) is 2.47. The SMILES string of the molecule is CNC1CC(c2cccnc2)Oc2ccc(Cl)cc21. The van der Waals surface area contributed by atoms with Crippen LogP contribution in [0.15, 0.2) is 42.7 Å². The highest BCUT2D eigenvalue weighted by Crippen LogP contribution is 2.41. The van der Waals surface area contributed by atoms with Crippen LogP contribution in [0.4, 0.5) is 0 Å². The molecule has 0 saturated heterocycles. The number of fused-ring (bicyclic) bond motifs is 1. The van der Waals surface area contributed by atoms with Crippen LogP contribution in [0.2, 0.25) is 5.02 Å². The van der Waals surface area contributed by atoms with Crippen LogP contribution in [-0.2, 0) is 0 Å². The zero-order valence-electron chi connectivity index (χ0n) is 10.6. The summed E-state index contributed by atoms with van der Waals surface area (Å²) in [4.78, 5) is 4.16. The molecule has 98 valence electrons. The summed E-state index contributed by atoms with van der Waals surface area (Å²) in [6.45, 7) is 0. The van der Waals surface area contributed by atoms with Gasteiger partial charge in [0.15, 0.2) is 0 Å². The summed E-state index contributed by atoms with van der Waals surface area (Å²) in [5.74, 6) is 0.892. The minimum absolute atomic E-state index is 0.0276. The van der Waals surface area contributed by atoms with Crippen molar-refractivity contribution in [3.8, 4) is 5.75 Å². The molecule has 0 bridgehead atoms. The molecular weight excluding hydrogens is 260 g/mol. The van der Waals surface area contributed by atoms with Crippen LogP contribution >= 0.6 is 11.6 Å². The first kappa shape index (κ1) is 12.5. The van der Waals surface area contributed by atoms with E-state index in [0.717, 1.165) is 28.3 Å². The van der Waals surface area contributed by atoms with Gasteiger partial charge in [-0.2, -0.15) is 0 Å². The molecule has 2 heterocycles. The van der Waals surface area contributed by atoms with Crippen molar-refractivity contribution in [1.29, 1.82) is 0 Å². The third-order valence-electron chi connectivity index (χ3n) is 3.47. The minimum atomic E-state index is 0.0276. The van der Waals surface area contributed by atoms with Gasteiger partial charge in [-0.25, -0.2) is 0 Å². The lowest BCUT2D eigenvalue weighted by Gasteiger charge is -2.32. The average molecular weight is 275 g/mol. The molecule has 2 aromatic rings. The van der Waals surface area contributed by atoms with Gasteiger partial charge < -0.3 is 10.1 Å². The molecule has 1 N–H and O–H groups in total. The Labute approximate surface area is 117 Å². The largest absolute Gasteiger partial charge is 0.485 e. The maximum absolute atomic E-state index is 6.07. The van der Waals surface area contributed by atoms with Crippen LogP contribution < -0.4 is 10.1 Å². The van der Waals surface area contributed by atoms with Crippen molar-refractivity contribution in [3.63, 3.8) is 0 Å². The quantitative estimate of drug-likeness (QED) is 0.910. The monoisotopic (exact) mass is 274 g/mol. The van der Waals surface area contributed by atoms with Gasteiger partial charge in [0.25, 0.3) is 0 Å². The Morgan fingerprint density at radius 3 is 3.00 bits per heavy atom. The fourth-order valence-corrected chi connectivity index (χ4v) is 2.67. The summed E-state index contributed by atoms with van der Waals surface area (Å²) in [6.07, 6.45) is 4.53. The molecule has 1 aliphatic rings. The van der Waals surface area contributed by atoms with Gasteiger partial charge in [-0.15, -0.1) is 0 Å². The molecule has 19 heavy (non-hydrogen) atoms. The van der Waals surface area contributed by atoms with Crippen LogP contribution in [0.25, 0.3) is 0 Å². The minimum Gasteiger partial charge on any atom is -0.485 e. The molecule has 0 radical (unpaired) electrons. The molecule has 1 aliphatic heterocycles. The van der Waals surface area contributed by atoms with E-state index in [9.17, 15) is 0 Å². The predicted octanol–water partition coefficient (Wildman–Crippen LogP) is 3.52. The molecule has 4 heteroatoms. The lowest BCUT2D eigenvalue weighted by atomic mass is 9.94. The molecule has 3 rings (SSSR count). The van der Waals surface area contributed by atoms with Crippen LogP contribution in [0, 0.1) is 0 Å². The Kier molecular flexibility index (Phi) is 3.40. The third kappa shape index (κ3) is 2.44. The van der Waals surface area contributed by atoms with Crippen molar-refractivity contribution >= 4 is 11.6 Å². The first-order valence-electron chi connectivity index (χ1n) is 6.31. The van der Waals surface area contributed by atoms with Crippen molar-refractivity contribution in [2.45, 2.75) is 18.6 Å². The molecule has 0 saturated carbocycles. The van der Waals surface area contributed by atoms with Gasteiger partial charge in [0.2, 0.25) is 0 Å². The summed E-state index contributed by atoms with van der Waals surface area (Å²) >= 11 is 6.06. The van der Waals surface area contributed by atoms with Gasteiger partial charge in [-0.3, -0.25) is 4.98 Å². The first-order chi connectivity index (χ1) is 9.28. The number of hydrogen-bond donors (Lipinski definition) is 1. The number of rotatable bonds is 2. The molecular formula is C15H15ClN2O. The van der Waals surface area contributed by atoms with E-state index in [4.69, 9.17) is 16.3 Å². The topological polar surface area (TPSA) is 34.2 Å². The number of aromatic nitrogens is 1. The van der Waals surface area contributed by atoms with Gasteiger partial charge in [-0.05, 0) is 31.3 Å². The lowest BCUT2D eigenvalue weighted by Crippen LogP contribution is -2.26. The van der Waals surface area contributed by atoms with Crippen LogP contribution in [-0.4, -0.2) is 12.0 Å². The van der Waals surface area contributed by atoms with Gasteiger partial charge in [0, 0.05) is 41.0 Å². The molecule has 0 amide bonds. The Balaban J connectivity index is 1.96. The zero-order valence-corrected chi connectivity index (χ0v) is 11.4. The van der Waals surface area contributed by atoms with E-state index in [2.05, 4.69) is 10.3 Å². The number of benzene rings is 1. The van der Waals surface area contributed by atoms with Gasteiger partial charge in [-0.1, -0.05) is 17.7 Å². The fourth-order valence-electron chi connectivity index (χ4n) is 2.49.